The van der Waals surface area contributed by atoms with Gasteiger partial charge < -0.3 is 15.6 Å². The normalized spacial score (nSPS) is 11.9. The molecule has 1 atom stereocenters. The van der Waals surface area contributed by atoms with Gasteiger partial charge in [0.1, 0.15) is 11.7 Å². The predicted octanol–water partition coefficient (Wildman–Crippen LogP) is 1.02. The number of aromatic nitrogens is 1. The van der Waals surface area contributed by atoms with E-state index >= 15 is 0 Å². The molecule has 0 saturated carbocycles. The van der Waals surface area contributed by atoms with Crippen LogP contribution in [0.5, 0.6) is 0 Å². The Bertz CT molecular complexity index is 522. The number of nitrogens with zero attached hydrogens (tertiary/aromatic N) is 1. The fourth-order valence-corrected chi connectivity index (χ4v) is 1.78. The van der Waals surface area contributed by atoms with Crippen molar-refractivity contribution in [2.45, 2.75) is 39.2 Å². The van der Waals surface area contributed by atoms with E-state index in [1.54, 1.807) is 13.0 Å². The number of nitrogens with one attached hydrogen (secondary N) is 1. The maximum Gasteiger partial charge on any atom is 0.275 e. The molecule has 104 valence electrons. The molecule has 0 bridgehead atoms. The highest BCUT2D eigenvalue weighted by Crippen LogP contribution is 2.12. The lowest BCUT2D eigenvalue weighted by Crippen LogP contribution is -2.34. The van der Waals surface area contributed by atoms with E-state index in [2.05, 4.69) is 5.32 Å². The molecule has 3 N–H and O–H groups in total. The molecule has 1 unspecified atom stereocenters. The Morgan fingerprint density at radius 1 is 1.42 bits per heavy atom. The van der Waals surface area contributed by atoms with Crippen molar-refractivity contribution >= 4 is 17.5 Å². The predicted molar refractivity (Wildman–Crippen MR) is 72.8 cm³/mol. The van der Waals surface area contributed by atoms with E-state index < -0.39 is 17.5 Å². The summed E-state index contributed by atoms with van der Waals surface area (Å²) in [4.78, 5) is 34.9. The number of primary amides is 1. The molecule has 0 aliphatic rings. The summed E-state index contributed by atoms with van der Waals surface area (Å²) in [6.45, 7) is 3.60. The first-order chi connectivity index (χ1) is 9.01. The average Bonchev–Trinajstić information content (AvgIpc) is 2.38. The van der Waals surface area contributed by atoms with Crippen molar-refractivity contribution in [2.75, 3.05) is 5.32 Å². The van der Waals surface area contributed by atoms with Gasteiger partial charge >= 0.3 is 0 Å². The number of nitrogens with two attached hydrogens (primary N) is 1. The van der Waals surface area contributed by atoms with Crippen molar-refractivity contribution in [3.05, 3.63) is 28.7 Å². The molecule has 1 rings (SSSR count). The fraction of sp³-hybridized carbons (Fsp3) is 0.462. The van der Waals surface area contributed by atoms with Gasteiger partial charge in [0.15, 0.2) is 0 Å². The highest BCUT2D eigenvalue weighted by atomic mass is 16.2. The molecular weight excluding hydrogens is 246 g/mol. The molecular formula is C13H19N3O3. The number of rotatable bonds is 6. The quantitative estimate of drug-likeness (QED) is 0.804. The number of carbonyl (C=O) groups is 2. The smallest absolute Gasteiger partial charge is 0.275 e. The summed E-state index contributed by atoms with van der Waals surface area (Å²) in [7, 11) is 0. The van der Waals surface area contributed by atoms with Crippen LogP contribution in [0.4, 0.5) is 5.69 Å². The highest BCUT2D eigenvalue weighted by molar-refractivity contribution is 5.90. The van der Waals surface area contributed by atoms with E-state index in [0.717, 1.165) is 6.42 Å². The summed E-state index contributed by atoms with van der Waals surface area (Å²) in [6, 6.07) is 2.44. The first kappa shape index (κ1) is 14.9. The summed E-state index contributed by atoms with van der Waals surface area (Å²) in [6.07, 6.45) is 3.00. The van der Waals surface area contributed by atoms with Gasteiger partial charge in [-0.3, -0.25) is 14.4 Å². The maximum atomic E-state index is 12.2. The molecule has 1 aromatic heterocycles. The number of pyridine rings is 1. The van der Waals surface area contributed by atoms with E-state index in [9.17, 15) is 14.4 Å². The first-order valence-electron chi connectivity index (χ1n) is 6.31. The third-order valence-corrected chi connectivity index (χ3v) is 2.80. The summed E-state index contributed by atoms with van der Waals surface area (Å²) in [5.41, 5.74) is 5.06. The number of hydrogen-bond acceptors (Lipinski definition) is 3. The van der Waals surface area contributed by atoms with Gasteiger partial charge in [0.2, 0.25) is 11.8 Å². The molecule has 0 aliphatic heterocycles. The standard InChI is InChI=1S/C13H19N3O3/c1-3-6-10(12(14)18)16-8-5-7-9(13(16)19)15-11(17)4-2/h5,7-8,10H,3-4,6H2,1-2H3,(H2,14,18)(H,15,17). The Hall–Kier alpha value is -2.11. The number of carbonyl (C=O) groups excluding carboxylic acids is 2. The van der Waals surface area contributed by atoms with Gasteiger partial charge in [-0.15, -0.1) is 0 Å². The monoisotopic (exact) mass is 265 g/mol. The molecule has 0 saturated heterocycles. The molecule has 6 nitrogen and oxygen atoms in total. The summed E-state index contributed by atoms with van der Waals surface area (Å²) >= 11 is 0. The van der Waals surface area contributed by atoms with Crippen LogP contribution in [-0.2, 0) is 9.59 Å². The fourth-order valence-electron chi connectivity index (χ4n) is 1.78. The Balaban J connectivity index is 3.15. The Kier molecular flexibility index (Phi) is 5.29. The van der Waals surface area contributed by atoms with Crippen LogP contribution < -0.4 is 16.6 Å². The second-order valence-corrected chi connectivity index (χ2v) is 4.24. The van der Waals surface area contributed by atoms with E-state index in [1.807, 2.05) is 6.92 Å². The van der Waals surface area contributed by atoms with Crippen LogP contribution in [0.25, 0.3) is 0 Å². The van der Waals surface area contributed by atoms with Crippen molar-refractivity contribution in [3.8, 4) is 0 Å². The number of anilines is 1. The molecule has 1 aromatic rings. The minimum atomic E-state index is -0.684. The van der Waals surface area contributed by atoms with Gasteiger partial charge in [0.25, 0.3) is 5.56 Å². The van der Waals surface area contributed by atoms with Crippen LogP contribution in [0.2, 0.25) is 0 Å². The summed E-state index contributed by atoms with van der Waals surface area (Å²) < 4.78 is 1.27. The largest absolute Gasteiger partial charge is 0.368 e. The molecule has 0 aliphatic carbocycles. The van der Waals surface area contributed by atoms with Crippen molar-refractivity contribution in [2.24, 2.45) is 5.73 Å². The Morgan fingerprint density at radius 3 is 2.63 bits per heavy atom. The van der Waals surface area contributed by atoms with Crippen LogP contribution in [-0.4, -0.2) is 16.4 Å². The molecule has 0 fully saturated rings. The minimum Gasteiger partial charge on any atom is -0.368 e. The van der Waals surface area contributed by atoms with Gasteiger partial charge in [-0.2, -0.15) is 0 Å². The molecule has 0 radical (unpaired) electrons. The third kappa shape index (κ3) is 3.67. The van der Waals surface area contributed by atoms with Crippen molar-refractivity contribution in [3.63, 3.8) is 0 Å². The Labute approximate surface area is 111 Å². The van der Waals surface area contributed by atoms with Crippen LogP contribution in [0.15, 0.2) is 23.1 Å². The SMILES string of the molecule is CCCC(C(N)=O)n1cccc(NC(=O)CC)c1=O. The summed E-state index contributed by atoms with van der Waals surface area (Å²) in [5, 5.41) is 2.51. The van der Waals surface area contributed by atoms with Crippen molar-refractivity contribution < 1.29 is 9.59 Å². The lowest BCUT2D eigenvalue weighted by atomic mass is 10.1. The van der Waals surface area contributed by atoms with Gasteiger partial charge in [0.05, 0.1) is 0 Å². The average molecular weight is 265 g/mol. The molecule has 0 spiro atoms. The first-order valence-corrected chi connectivity index (χ1v) is 6.31. The zero-order valence-corrected chi connectivity index (χ0v) is 11.2. The van der Waals surface area contributed by atoms with E-state index in [1.165, 1.54) is 16.8 Å². The summed E-state index contributed by atoms with van der Waals surface area (Å²) in [5.74, 6) is -0.802. The van der Waals surface area contributed by atoms with Crippen LogP contribution >= 0.6 is 0 Å². The van der Waals surface area contributed by atoms with Gasteiger partial charge in [-0.1, -0.05) is 20.3 Å². The molecule has 1 heterocycles. The Morgan fingerprint density at radius 2 is 2.11 bits per heavy atom. The van der Waals surface area contributed by atoms with Gasteiger partial charge in [-0.25, -0.2) is 0 Å². The highest BCUT2D eigenvalue weighted by Gasteiger charge is 2.18. The lowest BCUT2D eigenvalue weighted by molar-refractivity contribution is -0.121. The second kappa shape index (κ2) is 6.72. The lowest BCUT2D eigenvalue weighted by Gasteiger charge is -2.16. The maximum absolute atomic E-state index is 12.2. The van der Waals surface area contributed by atoms with Gasteiger partial charge in [0, 0.05) is 12.6 Å². The minimum absolute atomic E-state index is 0.164. The van der Waals surface area contributed by atoms with Crippen molar-refractivity contribution in [1.29, 1.82) is 0 Å². The topological polar surface area (TPSA) is 94.2 Å². The second-order valence-electron chi connectivity index (χ2n) is 4.24. The van der Waals surface area contributed by atoms with Crippen molar-refractivity contribution in [1.82, 2.24) is 4.57 Å². The number of hydrogen-bond donors (Lipinski definition) is 2. The molecule has 6 heteroatoms. The van der Waals surface area contributed by atoms with E-state index in [0.29, 0.717) is 6.42 Å². The molecule has 2 amide bonds. The zero-order chi connectivity index (χ0) is 14.4. The van der Waals surface area contributed by atoms with Crippen LogP contribution in [0.3, 0.4) is 0 Å². The van der Waals surface area contributed by atoms with Gasteiger partial charge in [-0.05, 0) is 18.6 Å². The van der Waals surface area contributed by atoms with E-state index in [-0.39, 0.29) is 18.0 Å². The van der Waals surface area contributed by atoms with E-state index in [4.69, 9.17) is 5.73 Å². The van der Waals surface area contributed by atoms with Crippen LogP contribution in [0, 0.1) is 0 Å². The molecule has 19 heavy (non-hydrogen) atoms. The van der Waals surface area contributed by atoms with Crippen LogP contribution in [0.1, 0.15) is 39.2 Å². The third-order valence-electron chi connectivity index (χ3n) is 2.80. The molecule has 0 aromatic carbocycles. The zero-order valence-electron chi connectivity index (χ0n) is 11.2. The number of amides is 2.